The van der Waals surface area contributed by atoms with E-state index in [9.17, 15) is 14.7 Å². The van der Waals surface area contributed by atoms with Crippen LogP contribution in [-0.4, -0.2) is 29.7 Å². The lowest BCUT2D eigenvalue weighted by atomic mass is 9.91. The lowest BCUT2D eigenvalue weighted by molar-refractivity contribution is -0.147. The van der Waals surface area contributed by atoms with Crippen LogP contribution in [0.5, 0.6) is 0 Å². The van der Waals surface area contributed by atoms with Crippen LogP contribution in [0.3, 0.4) is 0 Å². The molecule has 2 atom stereocenters. The minimum absolute atomic E-state index is 0.0746. The lowest BCUT2D eigenvalue weighted by Gasteiger charge is -2.28. The van der Waals surface area contributed by atoms with E-state index in [4.69, 9.17) is 27.9 Å². The van der Waals surface area contributed by atoms with Gasteiger partial charge >= 0.3 is 5.97 Å². The predicted octanol–water partition coefficient (Wildman–Crippen LogP) is 3.76. The van der Waals surface area contributed by atoms with Crippen LogP contribution >= 0.6 is 23.2 Å². The molecule has 0 aliphatic carbocycles. The largest absolute Gasteiger partial charge is 0.479 e. The van der Waals surface area contributed by atoms with Crippen molar-refractivity contribution in [2.24, 2.45) is 0 Å². The molecule has 1 heterocycles. The highest BCUT2D eigenvalue weighted by atomic mass is 35.5. The summed E-state index contributed by atoms with van der Waals surface area (Å²) < 4.78 is 5.59. The van der Waals surface area contributed by atoms with Crippen LogP contribution in [-0.2, 0) is 19.9 Å². The van der Waals surface area contributed by atoms with Gasteiger partial charge < -0.3 is 15.2 Å². The van der Waals surface area contributed by atoms with E-state index < -0.39 is 11.5 Å². The number of amides is 1. The van der Waals surface area contributed by atoms with Gasteiger partial charge in [-0.05, 0) is 50.3 Å². The van der Waals surface area contributed by atoms with Crippen molar-refractivity contribution in [3.63, 3.8) is 0 Å². The monoisotopic (exact) mass is 373 g/mol. The van der Waals surface area contributed by atoms with Gasteiger partial charge in [0.15, 0.2) is 5.54 Å². The molecule has 1 amide bonds. The molecule has 1 fully saturated rings. The zero-order valence-corrected chi connectivity index (χ0v) is 15.0. The van der Waals surface area contributed by atoms with Crippen molar-refractivity contribution in [3.05, 3.63) is 33.8 Å². The maximum atomic E-state index is 12.2. The number of hydrogen-bond donors (Lipinski definition) is 2. The summed E-state index contributed by atoms with van der Waals surface area (Å²) in [6.45, 7) is 2.16. The Kier molecular flexibility index (Phi) is 6.49. The second kappa shape index (κ2) is 8.19. The van der Waals surface area contributed by atoms with E-state index in [0.29, 0.717) is 17.0 Å². The fraction of sp³-hybridized carbons (Fsp3) is 0.529. The van der Waals surface area contributed by atoms with Crippen molar-refractivity contribution in [3.8, 4) is 0 Å². The maximum Gasteiger partial charge on any atom is 0.333 e. The number of hydrogen-bond acceptors (Lipinski definition) is 3. The van der Waals surface area contributed by atoms with Gasteiger partial charge in [0, 0.05) is 13.0 Å². The molecule has 1 aromatic carbocycles. The Hall–Kier alpha value is -1.30. The third-order valence-corrected chi connectivity index (χ3v) is 5.02. The van der Waals surface area contributed by atoms with Gasteiger partial charge in [-0.15, -0.1) is 0 Å². The average Bonchev–Trinajstić information content (AvgIpc) is 2.56. The van der Waals surface area contributed by atoms with Gasteiger partial charge in [-0.1, -0.05) is 29.3 Å². The van der Waals surface area contributed by atoms with E-state index in [1.807, 2.05) is 0 Å². The van der Waals surface area contributed by atoms with Gasteiger partial charge in [0.1, 0.15) is 0 Å². The molecule has 1 aromatic rings. The van der Waals surface area contributed by atoms with Crippen molar-refractivity contribution < 1.29 is 19.4 Å². The molecule has 24 heavy (non-hydrogen) atoms. The molecule has 2 N–H and O–H groups in total. The second-order valence-electron chi connectivity index (χ2n) is 6.13. The first-order valence-corrected chi connectivity index (χ1v) is 8.70. The summed E-state index contributed by atoms with van der Waals surface area (Å²) in [6.07, 6.45) is 3.97. The Morgan fingerprint density at radius 3 is 2.67 bits per heavy atom. The highest BCUT2D eigenvalue weighted by Crippen LogP contribution is 2.29. The molecule has 5 nitrogen and oxygen atoms in total. The van der Waals surface area contributed by atoms with E-state index in [1.54, 1.807) is 6.07 Å². The van der Waals surface area contributed by atoms with E-state index >= 15 is 0 Å². The van der Waals surface area contributed by atoms with Gasteiger partial charge in [-0.2, -0.15) is 0 Å². The fourth-order valence-corrected chi connectivity index (χ4v) is 3.02. The van der Waals surface area contributed by atoms with Gasteiger partial charge in [0.05, 0.1) is 16.1 Å². The topological polar surface area (TPSA) is 75.6 Å². The SMILES string of the molecule is CC(NC(=O)CCC1CCCCO1)(C(=O)O)c1ccc(Cl)c(Cl)c1. The zero-order chi connectivity index (χ0) is 17.7. The summed E-state index contributed by atoms with van der Waals surface area (Å²) in [4.78, 5) is 24.0. The van der Waals surface area contributed by atoms with Crippen LogP contribution in [0.15, 0.2) is 18.2 Å². The Morgan fingerprint density at radius 2 is 2.08 bits per heavy atom. The Bertz CT molecular complexity index is 617. The van der Waals surface area contributed by atoms with Crippen molar-refractivity contribution >= 4 is 35.1 Å². The van der Waals surface area contributed by atoms with Crippen molar-refractivity contribution in [2.45, 2.75) is 50.7 Å². The Morgan fingerprint density at radius 1 is 1.33 bits per heavy atom. The Labute approximate surface area is 151 Å². The molecule has 1 aliphatic rings. The molecule has 0 saturated carbocycles. The van der Waals surface area contributed by atoms with Crippen LogP contribution in [0.2, 0.25) is 10.0 Å². The van der Waals surface area contributed by atoms with Crippen LogP contribution in [0.4, 0.5) is 0 Å². The lowest BCUT2D eigenvalue weighted by Crippen LogP contribution is -2.49. The first-order valence-electron chi connectivity index (χ1n) is 7.94. The van der Waals surface area contributed by atoms with E-state index in [0.717, 1.165) is 25.9 Å². The molecular formula is C17H21Cl2NO4. The standard InChI is InChI=1S/C17H21Cl2NO4/c1-17(16(22)23,11-5-7-13(18)14(19)10-11)20-15(21)8-6-12-4-2-3-9-24-12/h5,7,10,12H,2-4,6,8-9H2,1H3,(H,20,21)(H,22,23). The Balaban J connectivity index is 2.04. The van der Waals surface area contributed by atoms with Crippen LogP contribution < -0.4 is 5.32 Å². The van der Waals surface area contributed by atoms with Crippen LogP contribution in [0, 0.1) is 0 Å². The number of nitrogens with one attached hydrogen (secondary N) is 1. The van der Waals surface area contributed by atoms with E-state index in [1.165, 1.54) is 19.1 Å². The number of carboxylic acids is 1. The van der Waals surface area contributed by atoms with Gasteiger partial charge in [0.2, 0.25) is 5.91 Å². The minimum Gasteiger partial charge on any atom is -0.479 e. The van der Waals surface area contributed by atoms with Crippen LogP contribution in [0.1, 0.15) is 44.6 Å². The fourth-order valence-electron chi connectivity index (χ4n) is 2.72. The molecule has 0 aromatic heterocycles. The smallest absolute Gasteiger partial charge is 0.333 e. The average molecular weight is 374 g/mol. The summed E-state index contributed by atoms with van der Waals surface area (Å²) in [7, 11) is 0. The number of carboxylic acid groups (broad SMARTS) is 1. The van der Waals surface area contributed by atoms with E-state index in [2.05, 4.69) is 5.32 Å². The molecule has 2 unspecified atom stereocenters. The maximum absolute atomic E-state index is 12.2. The van der Waals surface area contributed by atoms with E-state index in [-0.39, 0.29) is 23.5 Å². The number of benzene rings is 1. The number of rotatable bonds is 6. The van der Waals surface area contributed by atoms with Crippen molar-refractivity contribution in [1.29, 1.82) is 0 Å². The molecule has 0 bridgehead atoms. The quantitative estimate of drug-likeness (QED) is 0.795. The molecular weight excluding hydrogens is 353 g/mol. The number of carbonyl (C=O) groups excluding carboxylic acids is 1. The third kappa shape index (κ3) is 4.62. The summed E-state index contributed by atoms with van der Waals surface area (Å²) in [5.74, 6) is -1.50. The molecule has 0 radical (unpaired) electrons. The van der Waals surface area contributed by atoms with Gasteiger partial charge in [-0.25, -0.2) is 4.79 Å². The highest BCUT2D eigenvalue weighted by Gasteiger charge is 2.37. The zero-order valence-electron chi connectivity index (χ0n) is 13.5. The summed E-state index contributed by atoms with van der Waals surface area (Å²) in [5.41, 5.74) is -1.20. The predicted molar refractivity (Wildman–Crippen MR) is 92.4 cm³/mol. The van der Waals surface area contributed by atoms with Crippen molar-refractivity contribution in [2.75, 3.05) is 6.61 Å². The number of halogens is 2. The molecule has 1 aliphatic heterocycles. The molecule has 1 saturated heterocycles. The molecule has 2 rings (SSSR count). The molecule has 0 spiro atoms. The first-order chi connectivity index (χ1) is 11.3. The molecule has 132 valence electrons. The third-order valence-electron chi connectivity index (χ3n) is 4.28. The summed E-state index contributed by atoms with van der Waals surface area (Å²) >= 11 is 11.8. The van der Waals surface area contributed by atoms with Gasteiger partial charge in [-0.3, -0.25) is 4.79 Å². The number of carbonyl (C=O) groups is 2. The summed E-state index contributed by atoms with van der Waals surface area (Å²) in [6, 6.07) is 4.53. The van der Waals surface area contributed by atoms with Crippen LogP contribution in [0.25, 0.3) is 0 Å². The second-order valence-corrected chi connectivity index (χ2v) is 6.95. The number of aliphatic carboxylic acids is 1. The number of ether oxygens (including phenoxy) is 1. The van der Waals surface area contributed by atoms with Gasteiger partial charge in [0.25, 0.3) is 0 Å². The normalized spacial score (nSPS) is 20.2. The minimum atomic E-state index is -1.57. The summed E-state index contributed by atoms with van der Waals surface area (Å²) in [5, 5.41) is 12.8. The highest BCUT2D eigenvalue weighted by molar-refractivity contribution is 6.42. The molecule has 7 heteroatoms. The first kappa shape index (κ1) is 19.0. The van der Waals surface area contributed by atoms with Crippen molar-refractivity contribution in [1.82, 2.24) is 5.32 Å².